The lowest BCUT2D eigenvalue weighted by Crippen LogP contribution is -2.36. The van der Waals surface area contributed by atoms with E-state index in [-0.39, 0.29) is 18.6 Å². The Hall–Kier alpha value is -1.69. The molecule has 4 nitrogen and oxygen atoms in total. The lowest BCUT2D eigenvalue weighted by Gasteiger charge is -2.29. The lowest BCUT2D eigenvalue weighted by atomic mass is 10.1. The van der Waals surface area contributed by atoms with Crippen molar-refractivity contribution in [1.29, 1.82) is 0 Å². The van der Waals surface area contributed by atoms with Crippen molar-refractivity contribution in [2.75, 3.05) is 11.9 Å². The molecule has 23 heavy (non-hydrogen) atoms. The van der Waals surface area contributed by atoms with Crippen molar-refractivity contribution in [2.24, 2.45) is 0 Å². The van der Waals surface area contributed by atoms with E-state index in [1.54, 1.807) is 11.3 Å². The summed E-state index contributed by atoms with van der Waals surface area (Å²) in [5.41, 5.74) is 3.25. The Bertz CT molecular complexity index is 592. The standard InChI is InChI=1S/C18H24N2O2S/c1-3-18(12-21)20(11-16-8-9-23-13-16)10-15-4-6-17(7-5-15)19-14(2)22/h4-9,13,18,21H,3,10-12H2,1-2H3,(H,19,22). The van der Waals surface area contributed by atoms with E-state index in [2.05, 4.69) is 34.0 Å². The zero-order chi connectivity index (χ0) is 16.7. The third-order valence-corrected chi connectivity index (χ3v) is 4.56. The molecule has 1 aromatic heterocycles. The number of thiophene rings is 1. The zero-order valence-corrected chi connectivity index (χ0v) is 14.5. The maximum atomic E-state index is 11.1. The van der Waals surface area contributed by atoms with Gasteiger partial charge in [0, 0.05) is 31.7 Å². The van der Waals surface area contributed by atoms with Gasteiger partial charge >= 0.3 is 0 Å². The predicted octanol–water partition coefficient (Wildman–Crippen LogP) is 3.48. The first-order valence-electron chi connectivity index (χ1n) is 7.85. The number of rotatable bonds is 8. The topological polar surface area (TPSA) is 52.6 Å². The molecule has 2 rings (SSSR count). The summed E-state index contributed by atoms with van der Waals surface area (Å²) < 4.78 is 0. The van der Waals surface area contributed by atoms with Gasteiger partial charge in [0.2, 0.25) is 5.91 Å². The van der Waals surface area contributed by atoms with E-state index in [9.17, 15) is 9.90 Å². The van der Waals surface area contributed by atoms with E-state index < -0.39 is 0 Å². The van der Waals surface area contributed by atoms with Crippen LogP contribution in [-0.2, 0) is 17.9 Å². The monoisotopic (exact) mass is 332 g/mol. The molecule has 0 saturated heterocycles. The molecule has 1 unspecified atom stereocenters. The summed E-state index contributed by atoms with van der Waals surface area (Å²) in [6.07, 6.45) is 0.907. The second-order valence-electron chi connectivity index (χ2n) is 5.66. The van der Waals surface area contributed by atoms with Gasteiger partial charge in [-0.2, -0.15) is 11.3 Å². The average molecular weight is 332 g/mol. The zero-order valence-electron chi connectivity index (χ0n) is 13.7. The van der Waals surface area contributed by atoms with Crippen molar-refractivity contribution in [1.82, 2.24) is 4.90 Å². The van der Waals surface area contributed by atoms with Crippen molar-refractivity contribution in [3.05, 3.63) is 52.2 Å². The van der Waals surface area contributed by atoms with E-state index in [0.29, 0.717) is 0 Å². The summed E-state index contributed by atoms with van der Waals surface area (Å²) in [7, 11) is 0. The Labute approximate surface area is 141 Å². The van der Waals surface area contributed by atoms with Crippen LogP contribution in [0.3, 0.4) is 0 Å². The summed E-state index contributed by atoms with van der Waals surface area (Å²) in [5, 5.41) is 16.7. The van der Waals surface area contributed by atoms with E-state index in [1.165, 1.54) is 18.1 Å². The first-order valence-corrected chi connectivity index (χ1v) is 8.79. The van der Waals surface area contributed by atoms with Gasteiger partial charge in [0.15, 0.2) is 0 Å². The number of nitrogens with zero attached hydrogens (tertiary/aromatic N) is 1. The van der Waals surface area contributed by atoms with Gasteiger partial charge in [-0.1, -0.05) is 19.1 Å². The molecule has 0 fully saturated rings. The molecule has 0 saturated carbocycles. The van der Waals surface area contributed by atoms with Crippen LogP contribution in [0.15, 0.2) is 41.1 Å². The number of benzene rings is 1. The van der Waals surface area contributed by atoms with Gasteiger partial charge in [-0.3, -0.25) is 9.69 Å². The molecule has 1 aromatic carbocycles. The third kappa shape index (κ3) is 5.46. The second kappa shape index (κ2) is 8.82. The molecule has 0 spiro atoms. The van der Waals surface area contributed by atoms with Gasteiger partial charge in [0.25, 0.3) is 0 Å². The molecule has 5 heteroatoms. The van der Waals surface area contributed by atoms with Crippen LogP contribution in [0.25, 0.3) is 0 Å². The normalized spacial score (nSPS) is 12.3. The highest BCUT2D eigenvalue weighted by Crippen LogP contribution is 2.18. The van der Waals surface area contributed by atoms with Crippen LogP contribution in [0, 0.1) is 0 Å². The Morgan fingerprint density at radius 3 is 2.43 bits per heavy atom. The molecule has 2 N–H and O–H groups in total. The van der Waals surface area contributed by atoms with E-state index in [4.69, 9.17) is 0 Å². The van der Waals surface area contributed by atoms with Crippen LogP contribution in [0.2, 0.25) is 0 Å². The molecule has 1 amide bonds. The average Bonchev–Trinajstić information content (AvgIpc) is 3.03. The number of carbonyl (C=O) groups is 1. The fraction of sp³-hybridized carbons (Fsp3) is 0.389. The summed E-state index contributed by atoms with van der Waals surface area (Å²) >= 11 is 1.69. The highest BCUT2D eigenvalue weighted by Gasteiger charge is 2.17. The molecule has 0 bridgehead atoms. The molecule has 1 heterocycles. The number of aliphatic hydroxyl groups excluding tert-OH is 1. The molecule has 0 aliphatic rings. The van der Waals surface area contributed by atoms with E-state index >= 15 is 0 Å². The molecule has 124 valence electrons. The number of carbonyl (C=O) groups excluding carboxylic acids is 1. The number of hydrogen-bond donors (Lipinski definition) is 2. The van der Waals surface area contributed by atoms with Gasteiger partial charge in [0.05, 0.1) is 6.61 Å². The van der Waals surface area contributed by atoms with Gasteiger partial charge in [0.1, 0.15) is 0 Å². The number of amides is 1. The van der Waals surface area contributed by atoms with Crippen molar-refractivity contribution in [2.45, 2.75) is 39.4 Å². The number of nitrogens with one attached hydrogen (secondary N) is 1. The summed E-state index contributed by atoms with van der Waals surface area (Å²) in [6.45, 7) is 5.36. The second-order valence-corrected chi connectivity index (χ2v) is 6.44. The first-order chi connectivity index (χ1) is 11.1. The Kier molecular flexibility index (Phi) is 6.77. The van der Waals surface area contributed by atoms with Crippen LogP contribution in [0.1, 0.15) is 31.4 Å². The van der Waals surface area contributed by atoms with Gasteiger partial charge < -0.3 is 10.4 Å². The maximum Gasteiger partial charge on any atom is 0.221 e. The minimum atomic E-state index is -0.0665. The number of anilines is 1. The van der Waals surface area contributed by atoms with Crippen LogP contribution in [-0.4, -0.2) is 28.6 Å². The first kappa shape index (κ1) is 17.7. The molecular weight excluding hydrogens is 308 g/mol. The molecule has 0 radical (unpaired) electrons. The third-order valence-electron chi connectivity index (χ3n) is 3.82. The lowest BCUT2D eigenvalue weighted by molar-refractivity contribution is -0.114. The van der Waals surface area contributed by atoms with Crippen LogP contribution >= 0.6 is 11.3 Å². The van der Waals surface area contributed by atoms with Crippen molar-refractivity contribution >= 4 is 22.9 Å². The largest absolute Gasteiger partial charge is 0.395 e. The molecule has 0 aliphatic heterocycles. The predicted molar refractivity (Wildman–Crippen MR) is 95.5 cm³/mol. The fourth-order valence-corrected chi connectivity index (χ4v) is 3.23. The molecule has 1 atom stereocenters. The smallest absolute Gasteiger partial charge is 0.221 e. The van der Waals surface area contributed by atoms with Crippen molar-refractivity contribution in [3.63, 3.8) is 0 Å². The maximum absolute atomic E-state index is 11.1. The molecular formula is C18H24N2O2S. The Balaban J connectivity index is 2.08. The summed E-state index contributed by atoms with van der Waals surface area (Å²) in [5.74, 6) is -0.0665. The summed E-state index contributed by atoms with van der Waals surface area (Å²) in [4.78, 5) is 13.4. The Morgan fingerprint density at radius 1 is 1.22 bits per heavy atom. The van der Waals surface area contributed by atoms with Crippen LogP contribution < -0.4 is 5.32 Å². The van der Waals surface area contributed by atoms with E-state index in [0.717, 1.165) is 25.2 Å². The number of aliphatic hydroxyl groups is 1. The van der Waals surface area contributed by atoms with E-state index in [1.807, 2.05) is 24.3 Å². The van der Waals surface area contributed by atoms with Crippen LogP contribution in [0.5, 0.6) is 0 Å². The van der Waals surface area contributed by atoms with Gasteiger partial charge in [-0.15, -0.1) is 0 Å². The Morgan fingerprint density at radius 2 is 1.91 bits per heavy atom. The fourth-order valence-electron chi connectivity index (χ4n) is 2.57. The molecule has 2 aromatic rings. The number of hydrogen-bond acceptors (Lipinski definition) is 4. The van der Waals surface area contributed by atoms with Crippen LogP contribution in [0.4, 0.5) is 5.69 Å². The minimum absolute atomic E-state index is 0.0665. The highest BCUT2D eigenvalue weighted by molar-refractivity contribution is 7.07. The minimum Gasteiger partial charge on any atom is -0.395 e. The summed E-state index contributed by atoms with van der Waals surface area (Å²) in [6, 6.07) is 10.1. The molecule has 0 aliphatic carbocycles. The SMILES string of the molecule is CCC(CO)N(Cc1ccc(NC(C)=O)cc1)Cc1ccsc1. The highest BCUT2D eigenvalue weighted by atomic mass is 32.1. The quantitative estimate of drug-likeness (QED) is 0.778. The van der Waals surface area contributed by atoms with Crippen molar-refractivity contribution in [3.8, 4) is 0 Å². The van der Waals surface area contributed by atoms with Gasteiger partial charge in [-0.05, 0) is 46.5 Å². The van der Waals surface area contributed by atoms with Gasteiger partial charge in [-0.25, -0.2) is 0 Å². The van der Waals surface area contributed by atoms with Crippen molar-refractivity contribution < 1.29 is 9.90 Å².